The SMILES string of the molecule is O=C(c1ccc2cc[nH]c2c1)N1CCC(O)(Cn2ccnn2)C1. The first-order chi connectivity index (χ1) is 11.1. The number of aliphatic hydroxyl groups is 1. The fourth-order valence-electron chi connectivity index (χ4n) is 3.14. The van der Waals surface area contributed by atoms with Gasteiger partial charge in [-0.15, -0.1) is 5.10 Å². The molecule has 1 aromatic carbocycles. The molecule has 0 spiro atoms. The summed E-state index contributed by atoms with van der Waals surface area (Å²) in [6.07, 6.45) is 5.67. The molecule has 1 unspecified atom stereocenters. The number of nitrogens with zero attached hydrogens (tertiary/aromatic N) is 4. The molecule has 7 nitrogen and oxygen atoms in total. The number of likely N-dealkylation sites (tertiary alicyclic amines) is 1. The van der Waals surface area contributed by atoms with Crippen LogP contribution in [0.25, 0.3) is 10.9 Å². The molecular formula is C16H17N5O2. The second-order valence-electron chi connectivity index (χ2n) is 6.08. The Hall–Kier alpha value is -2.67. The molecule has 0 saturated carbocycles. The van der Waals surface area contributed by atoms with E-state index in [0.29, 0.717) is 31.6 Å². The maximum absolute atomic E-state index is 12.7. The number of hydrogen-bond donors (Lipinski definition) is 2. The van der Waals surface area contributed by atoms with Crippen LogP contribution >= 0.6 is 0 Å². The molecular weight excluding hydrogens is 294 g/mol. The zero-order valence-corrected chi connectivity index (χ0v) is 12.5. The number of benzene rings is 1. The van der Waals surface area contributed by atoms with E-state index >= 15 is 0 Å². The Balaban J connectivity index is 1.51. The van der Waals surface area contributed by atoms with Crippen LogP contribution in [0.1, 0.15) is 16.8 Å². The molecule has 1 atom stereocenters. The van der Waals surface area contributed by atoms with Gasteiger partial charge in [0.1, 0.15) is 5.60 Å². The van der Waals surface area contributed by atoms with E-state index in [1.54, 1.807) is 22.0 Å². The molecule has 3 aromatic rings. The van der Waals surface area contributed by atoms with Crippen LogP contribution in [0.5, 0.6) is 0 Å². The number of carbonyl (C=O) groups excluding carboxylic acids is 1. The van der Waals surface area contributed by atoms with E-state index in [2.05, 4.69) is 15.3 Å². The third-order valence-electron chi connectivity index (χ3n) is 4.35. The van der Waals surface area contributed by atoms with E-state index < -0.39 is 5.60 Å². The number of β-amino-alcohol motifs (C(OH)–C–C–N with tert-alkyl or cyclic N) is 1. The Labute approximate surface area is 132 Å². The van der Waals surface area contributed by atoms with E-state index in [-0.39, 0.29) is 5.91 Å². The van der Waals surface area contributed by atoms with Crippen LogP contribution in [0.3, 0.4) is 0 Å². The minimum Gasteiger partial charge on any atom is -0.386 e. The lowest BCUT2D eigenvalue weighted by Crippen LogP contribution is -2.39. The summed E-state index contributed by atoms with van der Waals surface area (Å²) in [6.45, 7) is 1.17. The second kappa shape index (κ2) is 5.20. The molecule has 0 aliphatic carbocycles. The molecule has 3 heterocycles. The first kappa shape index (κ1) is 14.0. The summed E-state index contributed by atoms with van der Waals surface area (Å²) in [4.78, 5) is 17.5. The Morgan fingerprint density at radius 1 is 1.39 bits per heavy atom. The summed E-state index contributed by atoms with van der Waals surface area (Å²) in [5, 5.41) is 19.4. The largest absolute Gasteiger partial charge is 0.386 e. The van der Waals surface area contributed by atoms with Gasteiger partial charge in [-0.3, -0.25) is 4.79 Å². The molecule has 7 heteroatoms. The number of aromatic amines is 1. The highest BCUT2D eigenvalue weighted by atomic mass is 16.3. The van der Waals surface area contributed by atoms with Crippen LogP contribution in [-0.2, 0) is 6.54 Å². The summed E-state index contributed by atoms with van der Waals surface area (Å²) in [5.74, 6) is -0.0592. The van der Waals surface area contributed by atoms with E-state index in [0.717, 1.165) is 10.9 Å². The van der Waals surface area contributed by atoms with Crippen molar-refractivity contribution in [2.45, 2.75) is 18.6 Å². The molecule has 118 valence electrons. The molecule has 2 aromatic heterocycles. The maximum atomic E-state index is 12.7. The van der Waals surface area contributed by atoms with Gasteiger partial charge in [0.2, 0.25) is 0 Å². The lowest BCUT2D eigenvalue weighted by Gasteiger charge is -2.23. The second-order valence-corrected chi connectivity index (χ2v) is 6.08. The minimum atomic E-state index is -0.958. The third kappa shape index (κ3) is 2.59. The van der Waals surface area contributed by atoms with Crippen molar-refractivity contribution in [3.63, 3.8) is 0 Å². The van der Waals surface area contributed by atoms with Gasteiger partial charge in [-0.1, -0.05) is 11.3 Å². The number of amides is 1. The number of nitrogens with one attached hydrogen (secondary N) is 1. The molecule has 1 amide bonds. The molecule has 1 aliphatic rings. The van der Waals surface area contributed by atoms with Crippen LogP contribution in [0.2, 0.25) is 0 Å². The van der Waals surface area contributed by atoms with E-state index in [1.165, 1.54) is 0 Å². The topological polar surface area (TPSA) is 87.0 Å². The third-order valence-corrected chi connectivity index (χ3v) is 4.35. The van der Waals surface area contributed by atoms with Crippen molar-refractivity contribution in [2.75, 3.05) is 13.1 Å². The van der Waals surface area contributed by atoms with Gasteiger partial charge in [0.25, 0.3) is 5.91 Å². The Bertz CT molecular complexity index is 841. The van der Waals surface area contributed by atoms with Crippen LogP contribution in [0, 0.1) is 0 Å². The zero-order chi connectivity index (χ0) is 15.9. The Kier molecular flexibility index (Phi) is 3.16. The van der Waals surface area contributed by atoms with Crippen molar-refractivity contribution in [3.05, 3.63) is 48.4 Å². The highest BCUT2D eigenvalue weighted by Gasteiger charge is 2.39. The first-order valence-corrected chi connectivity index (χ1v) is 7.56. The van der Waals surface area contributed by atoms with Crippen molar-refractivity contribution < 1.29 is 9.90 Å². The predicted molar refractivity (Wildman–Crippen MR) is 83.8 cm³/mol. The van der Waals surface area contributed by atoms with Gasteiger partial charge >= 0.3 is 0 Å². The number of carbonyl (C=O) groups is 1. The van der Waals surface area contributed by atoms with E-state index in [1.807, 2.05) is 30.5 Å². The lowest BCUT2D eigenvalue weighted by atomic mass is 10.0. The highest BCUT2D eigenvalue weighted by Crippen LogP contribution is 2.25. The number of H-pyrrole nitrogens is 1. The molecule has 1 aliphatic heterocycles. The molecule has 0 bridgehead atoms. The zero-order valence-electron chi connectivity index (χ0n) is 12.5. The number of rotatable bonds is 3. The summed E-state index contributed by atoms with van der Waals surface area (Å²) < 4.78 is 1.60. The van der Waals surface area contributed by atoms with Gasteiger partial charge in [-0.05, 0) is 30.0 Å². The number of aromatic nitrogens is 4. The van der Waals surface area contributed by atoms with Crippen molar-refractivity contribution in [3.8, 4) is 0 Å². The van der Waals surface area contributed by atoms with Gasteiger partial charge in [0.15, 0.2) is 0 Å². The summed E-state index contributed by atoms with van der Waals surface area (Å²) in [7, 11) is 0. The molecule has 4 rings (SSSR count). The van der Waals surface area contributed by atoms with Gasteiger partial charge in [-0.25, -0.2) is 4.68 Å². The lowest BCUT2D eigenvalue weighted by molar-refractivity contribution is 0.0267. The van der Waals surface area contributed by atoms with Crippen molar-refractivity contribution in [1.29, 1.82) is 0 Å². The number of fused-ring (bicyclic) bond motifs is 1. The van der Waals surface area contributed by atoms with Crippen molar-refractivity contribution >= 4 is 16.8 Å². The molecule has 1 fully saturated rings. The summed E-state index contributed by atoms with van der Waals surface area (Å²) >= 11 is 0. The smallest absolute Gasteiger partial charge is 0.254 e. The fraction of sp³-hybridized carbons (Fsp3) is 0.312. The van der Waals surface area contributed by atoms with Crippen molar-refractivity contribution in [2.24, 2.45) is 0 Å². The van der Waals surface area contributed by atoms with E-state index in [9.17, 15) is 9.90 Å². The Morgan fingerprint density at radius 2 is 2.30 bits per heavy atom. The van der Waals surface area contributed by atoms with Gasteiger partial charge in [0.05, 0.1) is 19.3 Å². The van der Waals surface area contributed by atoms with Crippen LogP contribution < -0.4 is 0 Å². The van der Waals surface area contributed by atoms with Gasteiger partial charge in [0, 0.05) is 30.0 Å². The quantitative estimate of drug-likeness (QED) is 0.756. The first-order valence-electron chi connectivity index (χ1n) is 7.56. The molecule has 1 saturated heterocycles. The predicted octanol–water partition coefficient (Wildman–Crippen LogP) is 1.04. The van der Waals surface area contributed by atoms with Crippen LogP contribution in [-0.4, -0.2) is 54.6 Å². The minimum absolute atomic E-state index is 0.0592. The monoisotopic (exact) mass is 311 g/mol. The molecule has 2 N–H and O–H groups in total. The summed E-state index contributed by atoms with van der Waals surface area (Å²) in [5.41, 5.74) is 0.609. The van der Waals surface area contributed by atoms with Crippen LogP contribution in [0.4, 0.5) is 0 Å². The molecule has 0 radical (unpaired) electrons. The normalized spacial score (nSPS) is 21.2. The fourth-order valence-corrected chi connectivity index (χ4v) is 3.14. The van der Waals surface area contributed by atoms with Gasteiger partial charge < -0.3 is 15.0 Å². The van der Waals surface area contributed by atoms with Crippen molar-refractivity contribution in [1.82, 2.24) is 24.9 Å². The number of hydrogen-bond acceptors (Lipinski definition) is 4. The Morgan fingerprint density at radius 3 is 3.13 bits per heavy atom. The highest BCUT2D eigenvalue weighted by molar-refractivity contribution is 5.98. The van der Waals surface area contributed by atoms with Gasteiger partial charge in [-0.2, -0.15) is 0 Å². The van der Waals surface area contributed by atoms with Crippen LogP contribution in [0.15, 0.2) is 42.9 Å². The average Bonchev–Trinajstić information content (AvgIpc) is 3.27. The maximum Gasteiger partial charge on any atom is 0.254 e. The average molecular weight is 311 g/mol. The molecule has 23 heavy (non-hydrogen) atoms. The standard InChI is InChI=1S/C16H17N5O2/c22-15(13-2-1-12-3-5-17-14(12)9-13)20-7-4-16(23,10-20)11-21-8-6-18-19-21/h1-3,5-6,8-9,17,23H,4,7,10-11H2. The van der Waals surface area contributed by atoms with E-state index in [4.69, 9.17) is 0 Å². The summed E-state index contributed by atoms with van der Waals surface area (Å²) in [6, 6.07) is 7.58.